The maximum absolute atomic E-state index is 14.0. The van der Waals surface area contributed by atoms with Crippen molar-refractivity contribution in [2.24, 2.45) is 0 Å². The van der Waals surface area contributed by atoms with Crippen molar-refractivity contribution in [1.29, 1.82) is 0 Å². The maximum Gasteiger partial charge on any atom is 0.276 e. The number of carbonyl (C=O) groups excluding carboxylic acids is 1. The first-order chi connectivity index (χ1) is 11.9. The van der Waals surface area contributed by atoms with E-state index in [9.17, 15) is 14.0 Å². The molecule has 1 heterocycles. The van der Waals surface area contributed by atoms with Gasteiger partial charge in [-0.25, -0.2) is 9.07 Å². The Labute approximate surface area is 146 Å². The van der Waals surface area contributed by atoms with Crippen molar-refractivity contribution < 1.29 is 9.18 Å². The molecule has 0 aliphatic rings. The molecule has 0 aliphatic heterocycles. The molecule has 5 nitrogen and oxygen atoms in total. The van der Waals surface area contributed by atoms with Crippen molar-refractivity contribution >= 4 is 5.91 Å². The summed E-state index contributed by atoms with van der Waals surface area (Å²) in [5.74, 6) is -1.000. The number of benzene rings is 1. The number of nitrogens with zero attached hydrogens (tertiary/aromatic N) is 2. The Kier molecular flexibility index (Phi) is 6.44. The van der Waals surface area contributed by atoms with E-state index in [1.165, 1.54) is 16.8 Å². The second-order valence-electron chi connectivity index (χ2n) is 6.23. The highest BCUT2D eigenvalue weighted by Gasteiger charge is 2.18. The van der Waals surface area contributed by atoms with E-state index in [1.54, 1.807) is 25.1 Å². The minimum Gasteiger partial charge on any atom is -0.348 e. The molecule has 1 unspecified atom stereocenters. The number of halogens is 1. The Bertz CT molecular complexity index is 801. The smallest absolute Gasteiger partial charge is 0.276 e. The van der Waals surface area contributed by atoms with Gasteiger partial charge in [0.25, 0.3) is 5.91 Å². The summed E-state index contributed by atoms with van der Waals surface area (Å²) in [6, 6.07) is 7.35. The van der Waals surface area contributed by atoms with Gasteiger partial charge in [0.15, 0.2) is 5.69 Å². The summed E-state index contributed by atoms with van der Waals surface area (Å²) in [5, 5.41) is 6.90. The average Bonchev–Trinajstić information content (AvgIpc) is 2.56. The fourth-order valence-corrected chi connectivity index (χ4v) is 2.64. The highest BCUT2D eigenvalue weighted by Crippen LogP contribution is 2.13. The monoisotopic (exact) mass is 345 g/mol. The van der Waals surface area contributed by atoms with Gasteiger partial charge in [-0.1, -0.05) is 38.3 Å². The van der Waals surface area contributed by atoms with E-state index < -0.39 is 17.2 Å². The molecular weight excluding hydrogens is 321 g/mol. The molecule has 1 aromatic heterocycles. The molecule has 1 aromatic carbocycles. The molecule has 0 saturated heterocycles. The minimum absolute atomic E-state index is 0.0523. The van der Waals surface area contributed by atoms with E-state index in [-0.39, 0.29) is 17.4 Å². The third kappa shape index (κ3) is 4.75. The van der Waals surface area contributed by atoms with Gasteiger partial charge in [0.2, 0.25) is 5.43 Å². The van der Waals surface area contributed by atoms with E-state index in [0.29, 0.717) is 5.69 Å². The summed E-state index contributed by atoms with van der Waals surface area (Å²) in [4.78, 5) is 24.6. The first-order valence-corrected chi connectivity index (χ1v) is 8.60. The standard InChI is InChI=1S/C19H24FN3O2/c1-4-5-6-9-13(2)21-19(25)18-17(24)12-14(3)23(22-18)16-11-8-7-10-15(16)20/h7-8,10-13H,4-6,9H2,1-3H3,(H,21,25). The molecule has 25 heavy (non-hydrogen) atoms. The summed E-state index contributed by atoms with van der Waals surface area (Å²) in [5.41, 5.74) is -0.0350. The minimum atomic E-state index is -0.529. The van der Waals surface area contributed by atoms with Crippen LogP contribution >= 0.6 is 0 Å². The van der Waals surface area contributed by atoms with Gasteiger partial charge >= 0.3 is 0 Å². The number of nitrogens with one attached hydrogen (secondary N) is 1. The third-order valence-corrected chi connectivity index (χ3v) is 4.02. The summed E-state index contributed by atoms with van der Waals surface area (Å²) >= 11 is 0. The average molecular weight is 345 g/mol. The predicted octanol–water partition coefficient (Wildman–Crippen LogP) is 3.38. The third-order valence-electron chi connectivity index (χ3n) is 4.02. The number of hydrogen-bond acceptors (Lipinski definition) is 3. The van der Waals surface area contributed by atoms with Crippen molar-refractivity contribution in [3.63, 3.8) is 0 Å². The van der Waals surface area contributed by atoms with Crippen LogP contribution in [-0.4, -0.2) is 21.7 Å². The lowest BCUT2D eigenvalue weighted by atomic mass is 10.1. The van der Waals surface area contributed by atoms with Crippen molar-refractivity contribution in [3.05, 3.63) is 57.8 Å². The molecule has 134 valence electrons. The van der Waals surface area contributed by atoms with Crippen molar-refractivity contribution in [2.45, 2.75) is 52.5 Å². The van der Waals surface area contributed by atoms with Crippen LogP contribution in [0.4, 0.5) is 4.39 Å². The number of para-hydroxylation sites is 1. The number of aryl methyl sites for hydroxylation is 1. The molecule has 0 spiro atoms. The van der Waals surface area contributed by atoms with Crippen LogP contribution in [0.2, 0.25) is 0 Å². The van der Waals surface area contributed by atoms with E-state index >= 15 is 0 Å². The number of rotatable bonds is 7. The number of unbranched alkanes of at least 4 members (excludes halogenated alkanes) is 2. The van der Waals surface area contributed by atoms with Crippen LogP contribution in [0.3, 0.4) is 0 Å². The summed E-state index contributed by atoms with van der Waals surface area (Å²) in [6.07, 6.45) is 4.06. The fraction of sp³-hybridized carbons (Fsp3) is 0.421. The van der Waals surface area contributed by atoms with Crippen LogP contribution in [0.15, 0.2) is 35.1 Å². The molecule has 1 N–H and O–H groups in total. The van der Waals surface area contributed by atoms with E-state index in [2.05, 4.69) is 17.3 Å². The maximum atomic E-state index is 14.0. The van der Waals surface area contributed by atoms with Gasteiger partial charge in [-0.2, -0.15) is 5.10 Å². The summed E-state index contributed by atoms with van der Waals surface area (Å²) < 4.78 is 15.3. The normalized spacial score (nSPS) is 12.0. The Morgan fingerprint density at radius 1 is 1.32 bits per heavy atom. The van der Waals surface area contributed by atoms with Crippen molar-refractivity contribution in [1.82, 2.24) is 15.1 Å². The van der Waals surface area contributed by atoms with Gasteiger partial charge in [-0.3, -0.25) is 9.59 Å². The van der Waals surface area contributed by atoms with Crippen LogP contribution in [0.5, 0.6) is 0 Å². The molecule has 0 radical (unpaired) electrons. The number of hydrogen-bond donors (Lipinski definition) is 1. The Morgan fingerprint density at radius 3 is 2.72 bits per heavy atom. The van der Waals surface area contributed by atoms with Crippen LogP contribution in [0, 0.1) is 12.7 Å². The molecule has 0 saturated carbocycles. The van der Waals surface area contributed by atoms with Gasteiger partial charge < -0.3 is 5.32 Å². The Morgan fingerprint density at radius 2 is 2.04 bits per heavy atom. The van der Waals surface area contributed by atoms with Crippen LogP contribution in [0.1, 0.15) is 55.7 Å². The van der Waals surface area contributed by atoms with Gasteiger partial charge in [-0.15, -0.1) is 0 Å². The van der Waals surface area contributed by atoms with Gasteiger partial charge in [-0.05, 0) is 32.4 Å². The van der Waals surface area contributed by atoms with Crippen LogP contribution in [0.25, 0.3) is 5.69 Å². The highest BCUT2D eigenvalue weighted by molar-refractivity contribution is 5.92. The fourth-order valence-electron chi connectivity index (χ4n) is 2.64. The zero-order chi connectivity index (χ0) is 18.4. The summed E-state index contributed by atoms with van der Waals surface area (Å²) in [6.45, 7) is 5.66. The number of aromatic nitrogens is 2. The Balaban J connectivity index is 2.27. The molecular formula is C19H24FN3O2. The van der Waals surface area contributed by atoms with Crippen LogP contribution < -0.4 is 10.7 Å². The Hall–Kier alpha value is -2.50. The lowest BCUT2D eigenvalue weighted by Crippen LogP contribution is -2.37. The van der Waals surface area contributed by atoms with Gasteiger partial charge in [0.05, 0.1) is 0 Å². The predicted molar refractivity (Wildman–Crippen MR) is 95.6 cm³/mol. The lowest BCUT2D eigenvalue weighted by Gasteiger charge is -2.15. The molecule has 0 aliphatic carbocycles. The quantitative estimate of drug-likeness (QED) is 0.783. The molecule has 0 bridgehead atoms. The van der Waals surface area contributed by atoms with Gasteiger partial charge in [0.1, 0.15) is 11.5 Å². The lowest BCUT2D eigenvalue weighted by molar-refractivity contribution is 0.0930. The van der Waals surface area contributed by atoms with E-state index in [1.807, 2.05) is 6.92 Å². The zero-order valence-corrected chi connectivity index (χ0v) is 14.9. The summed E-state index contributed by atoms with van der Waals surface area (Å²) in [7, 11) is 0. The topological polar surface area (TPSA) is 64.0 Å². The molecule has 1 amide bonds. The largest absolute Gasteiger partial charge is 0.348 e. The van der Waals surface area contributed by atoms with Gasteiger partial charge in [0, 0.05) is 17.8 Å². The second kappa shape index (κ2) is 8.55. The molecule has 6 heteroatoms. The first-order valence-electron chi connectivity index (χ1n) is 8.60. The SMILES string of the molecule is CCCCCC(C)NC(=O)c1nn(-c2ccccc2F)c(C)cc1=O. The molecule has 0 fully saturated rings. The molecule has 2 aromatic rings. The number of amides is 1. The van der Waals surface area contributed by atoms with Crippen molar-refractivity contribution in [2.75, 3.05) is 0 Å². The van der Waals surface area contributed by atoms with E-state index in [0.717, 1.165) is 25.7 Å². The van der Waals surface area contributed by atoms with E-state index in [4.69, 9.17) is 0 Å². The van der Waals surface area contributed by atoms with Crippen molar-refractivity contribution in [3.8, 4) is 5.69 Å². The molecule has 1 atom stereocenters. The zero-order valence-electron chi connectivity index (χ0n) is 14.9. The molecule has 2 rings (SSSR count). The highest BCUT2D eigenvalue weighted by atomic mass is 19.1. The second-order valence-corrected chi connectivity index (χ2v) is 6.23. The number of carbonyl (C=O) groups is 1. The first kappa shape index (κ1) is 18.8. The van der Waals surface area contributed by atoms with Crippen LogP contribution in [-0.2, 0) is 0 Å².